The molecule has 78 heavy (non-hydrogen) atoms. The summed E-state index contributed by atoms with van der Waals surface area (Å²) in [5.41, 5.74) is 35.7. The van der Waals surface area contributed by atoms with Crippen LogP contribution in [0.5, 0.6) is 23.0 Å². The van der Waals surface area contributed by atoms with Crippen LogP contribution in [0.3, 0.4) is 0 Å². The Bertz CT molecular complexity index is 3890. The smallest absolute Gasteiger partial charge is 0.340 e. The number of halogens is 1. The first-order valence-electron chi connectivity index (χ1n) is 25.0. The lowest BCUT2D eigenvalue weighted by Gasteiger charge is -2.36. The van der Waals surface area contributed by atoms with Gasteiger partial charge in [0.1, 0.15) is 36.1 Å². The minimum Gasteiger partial charge on any atom is -1.00 e. The number of rotatable bonds is 4. The average Bonchev–Trinajstić information content (AvgIpc) is 3.91. The van der Waals surface area contributed by atoms with Crippen molar-refractivity contribution < 1.29 is 60.5 Å². The van der Waals surface area contributed by atoms with E-state index in [9.17, 15) is 15.0 Å². The summed E-state index contributed by atoms with van der Waals surface area (Å²) < 4.78 is 16.4. The summed E-state index contributed by atoms with van der Waals surface area (Å²) in [6, 6.07) is 62.0. The van der Waals surface area contributed by atoms with Gasteiger partial charge in [-0.15, -0.1) is 0 Å². The summed E-state index contributed by atoms with van der Waals surface area (Å²) in [5.74, 6) is -0.675. The number of nitrogens with two attached hydrogens (primary N) is 4. The van der Waals surface area contributed by atoms with Crippen LogP contribution in [0.1, 0.15) is 47.8 Å². The van der Waals surface area contributed by atoms with E-state index in [4.69, 9.17) is 42.3 Å². The first-order chi connectivity index (χ1) is 37.2. The van der Waals surface area contributed by atoms with Gasteiger partial charge in [0, 0.05) is 91.6 Å². The number of carboxylic acids is 1. The predicted molar refractivity (Wildman–Crippen MR) is 302 cm³/mol. The van der Waals surface area contributed by atoms with Crippen LogP contribution in [-0.4, -0.2) is 22.2 Å². The maximum absolute atomic E-state index is 12.5. The second kappa shape index (κ2) is 21.9. The Morgan fingerprint density at radius 2 is 0.885 bits per heavy atom. The van der Waals surface area contributed by atoms with E-state index >= 15 is 0 Å². The molecular formula is C64H55BrN6O7. The maximum Gasteiger partial charge on any atom is 0.340 e. The van der Waals surface area contributed by atoms with Gasteiger partial charge in [-0.2, -0.15) is 9.13 Å². The van der Waals surface area contributed by atoms with E-state index in [0.717, 1.165) is 53.8 Å². The number of esters is 1. The molecule has 13 nitrogen and oxygen atoms in total. The van der Waals surface area contributed by atoms with Gasteiger partial charge in [-0.25, -0.2) is 4.79 Å². The fourth-order valence-corrected chi connectivity index (χ4v) is 10.6. The normalized spacial score (nSPS) is 12.3. The van der Waals surface area contributed by atoms with E-state index in [1.54, 1.807) is 24.3 Å². The largest absolute Gasteiger partial charge is 1.00 e. The highest BCUT2D eigenvalue weighted by Crippen LogP contribution is 2.57. The topological polar surface area (TPSA) is 228 Å². The number of fused-ring (bicyclic) bond motifs is 12. The summed E-state index contributed by atoms with van der Waals surface area (Å²) in [7, 11) is 0. The Kier molecular flexibility index (Phi) is 14.9. The Balaban J connectivity index is 0.000000137. The van der Waals surface area contributed by atoms with Crippen LogP contribution in [0.4, 0.5) is 22.7 Å². The minimum atomic E-state index is -1.17. The van der Waals surface area contributed by atoms with E-state index in [0.29, 0.717) is 33.8 Å². The van der Waals surface area contributed by atoms with Crippen molar-refractivity contribution in [2.75, 3.05) is 22.9 Å². The van der Waals surface area contributed by atoms with Gasteiger partial charge in [0.2, 0.25) is 22.4 Å². The third-order valence-corrected chi connectivity index (χ3v) is 13.8. The number of anilines is 4. The number of hydrogen-bond acceptors (Lipinski definition) is 11. The van der Waals surface area contributed by atoms with Gasteiger partial charge in [0.15, 0.2) is 5.60 Å². The van der Waals surface area contributed by atoms with Gasteiger partial charge in [-0.3, -0.25) is 0 Å². The van der Waals surface area contributed by atoms with E-state index in [1.807, 2.05) is 48.5 Å². The van der Waals surface area contributed by atoms with Crippen molar-refractivity contribution in [1.29, 1.82) is 0 Å². The summed E-state index contributed by atoms with van der Waals surface area (Å²) in [6.45, 7) is 7.00. The third kappa shape index (κ3) is 9.76. The lowest BCUT2D eigenvalue weighted by molar-refractivity contribution is -0.655. The fraction of sp³-hybridized carbons (Fsp3) is 0.0938. The number of phenolic OH excluding ortho intramolecular Hbond substituents is 2. The zero-order valence-corrected chi connectivity index (χ0v) is 44.5. The molecule has 2 aliphatic heterocycles. The molecule has 1 spiro atoms. The number of aromatic nitrogens is 2. The van der Waals surface area contributed by atoms with E-state index in [-0.39, 0.29) is 28.5 Å². The SMILES string of the molecule is CC(=O)[O-].CC[n+]1c(-c2ccccc2)c2cc(N)ccc2c2ccc(N)cc21.CC[n+]1c(-c2ccccc2)c2cc(N)ccc2c2ccc(N)cc21.O=C1OC2(c3ccc(O)cc3Oc3cc(O)ccc32)c2ccccc21.[Br-]. The van der Waals surface area contributed by atoms with Crippen LogP contribution < -0.4 is 58.9 Å². The fourth-order valence-electron chi connectivity index (χ4n) is 10.6. The number of benzene rings is 9. The molecule has 2 aromatic heterocycles. The summed E-state index contributed by atoms with van der Waals surface area (Å²) >= 11 is 0. The number of carbonyl (C=O) groups excluding carboxylic acids is 2. The molecule has 390 valence electrons. The molecule has 2 aliphatic rings. The molecule has 0 amide bonds. The number of nitrogen functional groups attached to an aromatic ring is 4. The van der Waals surface area contributed by atoms with Gasteiger partial charge in [-0.1, -0.05) is 66.7 Å². The maximum atomic E-state index is 12.5. The third-order valence-electron chi connectivity index (χ3n) is 13.8. The van der Waals surface area contributed by atoms with Crippen LogP contribution in [-0.2, 0) is 28.2 Å². The zero-order chi connectivity index (χ0) is 54.1. The molecule has 4 heterocycles. The highest BCUT2D eigenvalue weighted by molar-refractivity contribution is 6.11. The Hall–Kier alpha value is -9.66. The van der Waals surface area contributed by atoms with E-state index < -0.39 is 17.5 Å². The van der Waals surface area contributed by atoms with Crippen LogP contribution in [0.15, 0.2) is 194 Å². The molecule has 11 aromatic rings. The Morgan fingerprint density at radius 3 is 1.31 bits per heavy atom. The van der Waals surface area contributed by atoms with Gasteiger partial charge < -0.3 is 69.5 Å². The van der Waals surface area contributed by atoms with Crippen molar-refractivity contribution >= 4 is 78.0 Å². The standard InChI is InChI=1S/2C21H19N3.C20H12O5.C2H4O2.BrH/c2*1-2-24-20-13-16(23)9-11-18(20)17-10-8-15(22)12-19(17)21(24)14-6-4-3-5-7-14;21-11-5-7-15-17(9-11)24-18-10-12(22)6-8-16(18)20(15)14-4-2-1-3-13(14)19(23)25-20;1-2(3)4;/h2*3-13,23H,2,22H2,1H3;1-10,21-22H;1H3,(H,3,4);1H. The average molecular weight is 1100 g/mol. The highest BCUT2D eigenvalue weighted by atomic mass is 79.9. The highest BCUT2D eigenvalue weighted by Gasteiger charge is 2.53. The zero-order valence-electron chi connectivity index (χ0n) is 42.9. The minimum absolute atomic E-state index is 0. The van der Waals surface area contributed by atoms with Crippen LogP contribution in [0.25, 0.3) is 65.9 Å². The van der Waals surface area contributed by atoms with Gasteiger partial charge >= 0.3 is 5.97 Å². The summed E-state index contributed by atoms with van der Waals surface area (Å²) in [6.07, 6.45) is 0. The van der Waals surface area contributed by atoms with Crippen LogP contribution in [0.2, 0.25) is 0 Å². The molecule has 0 atom stereocenters. The van der Waals surface area contributed by atoms with Crippen molar-refractivity contribution in [3.8, 4) is 45.5 Å². The molecule has 9 aromatic carbocycles. The number of pyridine rings is 2. The van der Waals surface area contributed by atoms with Crippen molar-refractivity contribution in [1.82, 2.24) is 0 Å². The molecule has 0 aliphatic carbocycles. The predicted octanol–water partition coefficient (Wildman–Crippen LogP) is 7.69. The van der Waals surface area contributed by atoms with Gasteiger partial charge in [0.25, 0.3) is 0 Å². The number of nitrogens with zero attached hydrogens (tertiary/aromatic N) is 2. The number of aromatic hydroxyl groups is 2. The molecule has 0 saturated heterocycles. The molecule has 10 N–H and O–H groups in total. The first-order valence-corrected chi connectivity index (χ1v) is 25.0. The lowest BCUT2D eigenvalue weighted by Crippen LogP contribution is -3.00. The number of ether oxygens (including phenoxy) is 2. The summed E-state index contributed by atoms with van der Waals surface area (Å²) in [5, 5.41) is 35.7. The quantitative estimate of drug-likeness (QED) is 0.0433. The molecule has 0 fully saturated rings. The molecule has 0 unspecified atom stereocenters. The van der Waals surface area contributed by atoms with Crippen molar-refractivity contribution in [2.45, 2.75) is 39.5 Å². The molecule has 0 radical (unpaired) electrons. The molecule has 13 rings (SSSR count). The molecule has 14 heteroatoms. The van der Waals surface area contributed by atoms with E-state index in [2.05, 4.69) is 120 Å². The Labute approximate surface area is 460 Å². The van der Waals surface area contributed by atoms with Crippen molar-refractivity contribution in [3.05, 3.63) is 216 Å². The summed E-state index contributed by atoms with van der Waals surface area (Å²) in [4.78, 5) is 21.4. The molecular weight excluding hydrogens is 1040 g/mol. The van der Waals surface area contributed by atoms with Gasteiger partial charge in [-0.05, 0) is 124 Å². The first kappa shape index (κ1) is 53.2. The number of hydrogen-bond donors (Lipinski definition) is 6. The number of carbonyl (C=O) groups is 2. The van der Waals surface area contributed by atoms with Crippen LogP contribution >= 0.6 is 0 Å². The van der Waals surface area contributed by atoms with Gasteiger partial charge in [0.05, 0.1) is 27.1 Å². The number of aryl methyl sites for hydroxylation is 2. The second-order valence-corrected chi connectivity index (χ2v) is 18.7. The lowest BCUT2D eigenvalue weighted by atomic mass is 9.77. The number of aliphatic carboxylic acids is 1. The molecule has 0 bridgehead atoms. The second-order valence-electron chi connectivity index (χ2n) is 18.7. The number of carboxylic acid groups (broad SMARTS) is 1. The van der Waals surface area contributed by atoms with Crippen molar-refractivity contribution in [2.24, 2.45) is 0 Å². The van der Waals surface area contributed by atoms with Crippen molar-refractivity contribution in [3.63, 3.8) is 0 Å². The monoisotopic (exact) mass is 1100 g/mol. The Morgan fingerprint density at radius 1 is 0.500 bits per heavy atom. The van der Waals surface area contributed by atoms with E-state index in [1.165, 1.54) is 79.1 Å². The van der Waals surface area contributed by atoms with Crippen LogP contribution in [0, 0.1) is 0 Å². The molecule has 0 saturated carbocycles. The number of phenols is 2.